The third-order valence-electron chi connectivity index (χ3n) is 5.45. The van der Waals surface area contributed by atoms with Crippen molar-refractivity contribution in [2.45, 2.75) is 31.2 Å². The van der Waals surface area contributed by atoms with E-state index in [4.69, 9.17) is 4.52 Å². The molecule has 0 saturated carbocycles. The zero-order valence-electron chi connectivity index (χ0n) is 17.3. The summed E-state index contributed by atoms with van der Waals surface area (Å²) >= 11 is 1.64. The predicted octanol–water partition coefficient (Wildman–Crippen LogP) is 4.62. The Hall–Kier alpha value is -2.64. The first-order chi connectivity index (χ1) is 14.6. The summed E-state index contributed by atoms with van der Waals surface area (Å²) in [5.41, 5.74) is 2.98. The van der Waals surface area contributed by atoms with Crippen LogP contribution in [0, 0.1) is 12.8 Å². The van der Waals surface area contributed by atoms with Crippen molar-refractivity contribution in [3.8, 4) is 11.4 Å². The zero-order chi connectivity index (χ0) is 20.9. The van der Waals surface area contributed by atoms with Crippen molar-refractivity contribution in [3.05, 3.63) is 60.0 Å². The molecule has 3 aromatic rings. The van der Waals surface area contributed by atoms with Crippen molar-refractivity contribution >= 4 is 23.4 Å². The van der Waals surface area contributed by atoms with Gasteiger partial charge in [-0.15, -0.1) is 11.8 Å². The molecule has 7 heteroatoms. The summed E-state index contributed by atoms with van der Waals surface area (Å²) in [6.45, 7) is 4.21. The van der Waals surface area contributed by atoms with Gasteiger partial charge in [-0.2, -0.15) is 4.98 Å². The third kappa shape index (κ3) is 4.74. The van der Waals surface area contributed by atoms with Crippen LogP contribution in [0.3, 0.4) is 0 Å². The number of carbonyl (C=O) groups excluding carboxylic acids is 1. The summed E-state index contributed by atoms with van der Waals surface area (Å²) in [5, 5.41) is 7.26. The SMILES string of the molecule is CSc1ccccc1NC(=O)C1CCCN(Cc2nc(-c3ccccc3C)no2)C1. The average Bonchev–Trinajstić information content (AvgIpc) is 3.22. The second-order valence-electron chi connectivity index (χ2n) is 7.59. The van der Waals surface area contributed by atoms with Crippen LogP contribution < -0.4 is 5.32 Å². The molecule has 1 unspecified atom stereocenters. The maximum absolute atomic E-state index is 12.9. The number of rotatable bonds is 6. The molecule has 1 aliphatic heterocycles. The Kier molecular flexibility index (Phi) is 6.50. The molecule has 0 radical (unpaired) electrons. The molecule has 6 nitrogen and oxygen atoms in total. The number of nitrogens with one attached hydrogen (secondary N) is 1. The van der Waals surface area contributed by atoms with Gasteiger partial charge in [0.05, 0.1) is 18.2 Å². The van der Waals surface area contributed by atoms with Crippen molar-refractivity contribution in [2.75, 3.05) is 24.7 Å². The molecule has 1 atom stereocenters. The van der Waals surface area contributed by atoms with E-state index >= 15 is 0 Å². The first kappa shape index (κ1) is 20.6. The highest BCUT2D eigenvalue weighted by molar-refractivity contribution is 7.98. The summed E-state index contributed by atoms with van der Waals surface area (Å²) in [6, 6.07) is 15.9. The molecule has 0 aliphatic carbocycles. The number of benzene rings is 2. The molecule has 1 aromatic heterocycles. The number of nitrogens with zero attached hydrogens (tertiary/aromatic N) is 3. The van der Waals surface area contributed by atoms with E-state index in [0.717, 1.165) is 41.1 Å². The lowest BCUT2D eigenvalue weighted by atomic mass is 9.97. The Morgan fingerprint density at radius 2 is 2.03 bits per heavy atom. The minimum Gasteiger partial charge on any atom is -0.338 e. The summed E-state index contributed by atoms with van der Waals surface area (Å²) in [7, 11) is 0. The number of para-hydroxylation sites is 1. The van der Waals surface area contributed by atoms with Crippen LogP contribution in [0.4, 0.5) is 5.69 Å². The minimum atomic E-state index is -0.0487. The molecule has 2 heterocycles. The molecule has 0 bridgehead atoms. The lowest BCUT2D eigenvalue weighted by molar-refractivity contribution is -0.121. The number of thioether (sulfide) groups is 1. The number of aryl methyl sites for hydroxylation is 1. The number of hydrogen-bond donors (Lipinski definition) is 1. The van der Waals surface area contributed by atoms with E-state index < -0.39 is 0 Å². The molecule has 1 aliphatic rings. The van der Waals surface area contributed by atoms with Crippen LogP contribution in [0.1, 0.15) is 24.3 Å². The van der Waals surface area contributed by atoms with Crippen molar-refractivity contribution < 1.29 is 9.32 Å². The molecule has 1 fully saturated rings. The van der Waals surface area contributed by atoms with Gasteiger partial charge >= 0.3 is 0 Å². The number of piperidine rings is 1. The van der Waals surface area contributed by atoms with Gasteiger partial charge in [-0.25, -0.2) is 0 Å². The van der Waals surface area contributed by atoms with Gasteiger partial charge in [0.25, 0.3) is 0 Å². The molecule has 156 valence electrons. The second kappa shape index (κ2) is 9.45. The van der Waals surface area contributed by atoms with Gasteiger partial charge in [0.2, 0.25) is 17.6 Å². The smallest absolute Gasteiger partial charge is 0.241 e. The minimum absolute atomic E-state index is 0.0487. The second-order valence-corrected chi connectivity index (χ2v) is 8.44. The molecular formula is C23H26N4O2S. The first-order valence-electron chi connectivity index (χ1n) is 10.2. The maximum atomic E-state index is 12.9. The zero-order valence-corrected chi connectivity index (χ0v) is 18.1. The van der Waals surface area contributed by atoms with E-state index in [1.807, 2.05) is 61.7 Å². The van der Waals surface area contributed by atoms with Gasteiger partial charge < -0.3 is 9.84 Å². The van der Waals surface area contributed by atoms with Crippen molar-refractivity contribution in [2.24, 2.45) is 5.92 Å². The Morgan fingerprint density at radius 3 is 2.87 bits per heavy atom. The van der Waals surface area contributed by atoms with Crippen molar-refractivity contribution in [3.63, 3.8) is 0 Å². The number of anilines is 1. The van der Waals surface area contributed by atoms with Crippen molar-refractivity contribution in [1.29, 1.82) is 0 Å². The first-order valence-corrected chi connectivity index (χ1v) is 11.4. The van der Waals surface area contributed by atoms with E-state index in [0.29, 0.717) is 24.8 Å². The van der Waals surface area contributed by atoms with E-state index in [9.17, 15) is 4.79 Å². The normalized spacial score (nSPS) is 17.1. The largest absolute Gasteiger partial charge is 0.338 e. The van der Waals surface area contributed by atoms with Crippen LogP contribution >= 0.6 is 11.8 Å². The van der Waals surface area contributed by atoms with Crippen LogP contribution in [0.25, 0.3) is 11.4 Å². The van der Waals surface area contributed by atoms with E-state index in [-0.39, 0.29) is 11.8 Å². The molecule has 30 heavy (non-hydrogen) atoms. The lowest BCUT2D eigenvalue weighted by Gasteiger charge is -2.31. The average molecular weight is 423 g/mol. The van der Waals surface area contributed by atoms with E-state index in [1.165, 1.54) is 0 Å². The van der Waals surface area contributed by atoms with Crippen molar-refractivity contribution in [1.82, 2.24) is 15.0 Å². The molecular weight excluding hydrogens is 396 g/mol. The number of hydrogen-bond acceptors (Lipinski definition) is 6. The molecule has 2 aromatic carbocycles. The topological polar surface area (TPSA) is 71.3 Å². The fraction of sp³-hybridized carbons (Fsp3) is 0.348. The number of amides is 1. The Bertz CT molecular complexity index is 1020. The van der Waals surface area contributed by atoms with E-state index in [2.05, 4.69) is 20.4 Å². The highest BCUT2D eigenvalue weighted by Crippen LogP contribution is 2.27. The summed E-state index contributed by atoms with van der Waals surface area (Å²) in [6.07, 6.45) is 3.88. The van der Waals surface area contributed by atoms with Gasteiger partial charge in [-0.1, -0.05) is 41.6 Å². The van der Waals surface area contributed by atoms with Crippen LogP contribution in [0.15, 0.2) is 57.9 Å². The van der Waals surface area contributed by atoms with Gasteiger partial charge in [0.15, 0.2) is 0 Å². The fourth-order valence-electron chi connectivity index (χ4n) is 3.84. The molecule has 0 spiro atoms. The Balaban J connectivity index is 1.39. The number of likely N-dealkylation sites (tertiary alicyclic amines) is 1. The molecule has 1 saturated heterocycles. The standard InChI is InChI=1S/C23H26N4O2S/c1-16-8-3-4-10-18(16)22-25-21(29-26-22)15-27-13-7-9-17(14-27)23(28)24-19-11-5-6-12-20(19)30-2/h3-6,8,10-12,17H,7,9,13-15H2,1-2H3,(H,24,28). The molecule has 4 rings (SSSR count). The van der Waals surface area contributed by atoms with Crippen LogP contribution in [0.5, 0.6) is 0 Å². The third-order valence-corrected chi connectivity index (χ3v) is 6.25. The molecule has 1 amide bonds. The highest BCUT2D eigenvalue weighted by Gasteiger charge is 2.27. The van der Waals surface area contributed by atoms with Crippen LogP contribution in [-0.4, -0.2) is 40.3 Å². The number of aromatic nitrogens is 2. The Morgan fingerprint density at radius 1 is 1.23 bits per heavy atom. The van der Waals surface area contributed by atoms with E-state index in [1.54, 1.807) is 11.8 Å². The molecule has 1 N–H and O–H groups in total. The maximum Gasteiger partial charge on any atom is 0.241 e. The number of carbonyl (C=O) groups is 1. The van der Waals surface area contributed by atoms with Gasteiger partial charge in [-0.3, -0.25) is 9.69 Å². The monoisotopic (exact) mass is 422 g/mol. The Labute approximate surface area is 181 Å². The van der Waals surface area contributed by atoms with Gasteiger partial charge in [-0.05, 0) is 50.3 Å². The van der Waals surface area contributed by atoms with Crippen LogP contribution in [0.2, 0.25) is 0 Å². The van der Waals surface area contributed by atoms with Gasteiger partial charge in [0.1, 0.15) is 0 Å². The predicted molar refractivity (Wildman–Crippen MR) is 119 cm³/mol. The lowest BCUT2D eigenvalue weighted by Crippen LogP contribution is -2.40. The summed E-state index contributed by atoms with van der Waals surface area (Å²) < 4.78 is 5.49. The fourth-order valence-corrected chi connectivity index (χ4v) is 4.39. The highest BCUT2D eigenvalue weighted by atomic mass is 32.2. The van der Waals surface area contributed by atoms with Gasteiger partial charge in [0, 0.05) is 17.0 Å². The van der Waals surface area contributed by atoms with Crippen LogP contribution in [-0.2, 0) is 11.3 Å². The summed E-state index contributed by atoms with van der Waals surface area (Å²) in [4.78, 5) is 20.7. The quantitative estimate of drug-likeness (QED) is 0.585. The summed E-state index contributed by atoms with van der Waals surface area (Å²) in [5.74, 6) is 1.23.